The highest BCUT2D eigenvalue weighted by atomic mass is 35.5. The fourth-order valence-corrected chi connectivity index (χ4v) is 2.75. The second kappa shape index (κ2) is 7.08. The molecule has 124 valence electrons. The summed E-state index contributed by atoms with van der Waals surface area (Å²) in [5.41, 5.74) is 0.576. The maximum absolute atomic E-state index is 12.3. The quantitative estimate of drug-likeness (QED) is 0.822. The summed E-state index contributed by atoms with van der Waals surface area (Å²) < 4.78 is 1.16. The third-order valence-corrected chi connectivity index (χ3v) is 4.09. The van der Waals surface area contributed by atoms with Gasteiger partial charge < -0.3 is 5.11 Å². The molecule has 1 aromatic heterocycles. The SMILES string of the molecule is Cc1c(C=Nc2ccc(Cl)cc2Cl)c(O)n(C(C)C)c(=O)c1C#N. The number of pyridine rings is 1. The smallest absolute Gasteiger partial charge is 0.271 e. The zero-order valence-electron chi connectivity index (χ0n) is 13.3. The van der Waals surface area contributed by atoms with Crippen LogP contribution in [0.2, 0.25) is 10.0 Å². The first-order valence-corrected chi connectivity index (χ1v) is 7.90. The lowest BCUT2D eigenvalue weighted by Gasteiger charge is -2.16. The van der Waals surface area contributed by atoms with Gasteiger partial charge in [-0.15, -0.1) is 0 Å². The standard InChI is InChI=1S/C17H15Cl2N3O2/c1-9(2)22-16(23)12(7-20)10(3)13(17(22)24)8-21-15-5-4-11(18)6-14(15)19/h4-6,8-9,24H,1-3H3. The molecular formula is C17H15Cl2N3O2. The fraction of sp³-hybridized carbons (Fsp3) is 0.235. The van der Waals surface area contributed by atoms with Crippen LogP contribution in [-0.4, -0.2) is 15.9 Å². The molecule has 0 aliphatic heterocycles. The molecule has 0 radical (unpaired) electrons. The monoisotopic (exact) mass is 363 g/mol. The third-order valence-electron chi connectivity index (χ3n) is 3.55. The summed E-state index contributed by atoms with van der Waals surface area (Å²) in [6.45, 7) is 5.08. The van der Waals surface area contributed by atoms with Crippen LogP contribution in [0.3, 0.4) is 0 Å². The van der Waals surface area contributed by atoms with Crippen molar-refractivity contribution in [3.63, 3.8) is 0 Å². The summed E-state index contributed by atoms with van der Waals surface area (Å²) in [6, 6.07) is 6.42. The Hall–Kier alpha value is -2.29. The van der Waals surface area contributed by atoms with Crippen LogP contribution in [0, 0.1) is 18.3 Å². The Morgan fingerprint density at radius 3 is 2.58 bits per heavy atom. The molecule has 0 atom stereocenters. The highest BCUT2D eigenvalue weighted by Gasteiger charge is 2.19. The van der Waals surface area contributed by atoms with E-state index in [-0.39, 0.29) is 17.5 Å². The Bertz CT molecular complexity index is 925. The Labute approximate surface area is 149 Å². The second-order valence-electron chi connectivity index (χ2n) is 5.47. The summed E-state index contributed by atoms with van der Waals surface area (Å²) in [5.74, 6) is -0.236. The molecule has 1 aromatic carbocycles. The summed E-state index contributed by atoms with van der Waals surface area (Å²) in [4.78, 5) is 16.5. The molecule has 2 rings (SSSR count). The molecule has 0 unspecified atom stereocenters. The van der Waals surface area contributed by atoms with Gasteiger partial charge in [-0.1, -0.05) is 23.2 Å². The minimum Gasteiger partial charge on any atom is -0.494 e. The van der Waals surface area contributed by atoms with Crippen molar-refractivity contribution in [3.8, 4) is 11.9 Å². The average molecular weight is 364 g/mol. The summed E-state index contributed by atoms with van der Waals surface area (Å²) in [7, 11) is 0. The molecule has 7 heteroatoms. The molecule has 0 saturated carbocycles. The Balaban J connectivity index is 2.66. The normalized spacial score (nSPS) is 11.2. The number of benzene rings is 1. The van der Waals surface area contributed by atoms with Gasteiger partial charge in [-0.05, 0) is 44.5 Å². The average Bonchev–Trinajstić information content (AvgIpc) is 2.49. The minimum atomic E-state index is -0.524. The second-order valence-corrected chi connectivity index (χ2v) is 6.32. The van der Waals surface area contributed by atoms with Gasteiger partial charge in [0.05, 0.1) is 16.3 Å². The molecule has 0 spiro atoms. The highest BCUT2D eigenvalue weighted by molar-refractivity contribution is 6.36. The Kier molecular flexibility index (Phi) is 5.33. The van der Waals surface area contributed by atoms with Gasteiger partial charge in [0, 0.05) is 17.3 Å². The Morgan fingerprint density at radius 1 is 1.38 bits per heavy atom. The van der Waals surface area contributed by atoms with Gasteiger partial charge in [-0.3, -0.25) is 14.4 Å². The van der Waals surface area contributed by atoms with Crippen LogP contribution in [0.4, 0.5) is 5.69 Å². The van der Waals surface area contributed by atoms with Crippen LogP contribution in [0.25, 0.3) is 0 Å². The van der Waals surface area contributed by atoms with E-state index in [2.05, 4.69) is 4.99 Å². The number of halogens is 2. The highest BCUT2D eigenvalue weighted by Crippen LogP contribution is 2.29. The minimum absolute atomic E-state index is 0.0230. The molecule has 0 aliphatic rings. The maximum atomic E-state index is 12.3. The lowest BCUT2D eigenvalue weighted by atomic mass is 10.1. The van der Waals surface area contributed by atoms with E-state index in [1.165, 1.54) is 6.21 Å². The van der Waals surface area contributed by atoms with E-state index < -0.39 is 5.56 Å². The number of hydrogen-bond acceptors (Lipinski definition) is 4. The maximum Gasteiger partial charge on any atom is 0.271 e. The number of aromatic nitrogens is 1. The van der Waals surface area contributed by atoms with Crippen LogP contribution < -0.4 is 5.56 Å². The van der Waals surface area contributed by atoms with Gasteiger partial charge in [0.15, 0.2) is 0 Å². The van der Waals surface area contributed by atoms with E-state index in [0.29, 0.717) is 26.9 Å². The van der Waals surface area contributed by atoms with Gasteiger partial charge in [0.1, 0.15) is 11.6 Å². The van der Waals surface area contributed by atoms with Crippen molar-refractivity contribution in [2.45, 2.75) is 26.8 Å². The Morgan fingerprint density at radius 2 is 2.04 bits per heavy atom. The van der Waals surface area contributed by atoms with E-state index in [9.17, 15) is 15.2 Å². The van der Waals surface area contributed by atoms with E-state index >= 15 is 0 Å². The molecule has 2 aromatic rings. The van der Waals surface area contributed by atoms with Crippen molar-refractivity contribution in [2.24, 2.45) is 4.99 Å². The summed E-state index contributed by atoms with van der Waals surface area (Å²) in [5, 5.41) is 20.5. The number of aromatic hydroxyl groups is 1. The van der Waals surface area contributed by atoms with Crippen LogP contribution in [-0.2, 0) is 0 Å². The number of nitriles is 1. The topological polar surface area (TPSA) is 78.4 Å². The van der Waals surface area contributed by atoms with E-state index in [1.807, 2.05) is 6.07 Å². The predicted molar refractivity (Wildman–Crippen MR) is 95.9 cm³/mol. The zero-order chi connectivity index (χ0) is 18.0. The van der Waals surface area contributed by atoms with Crippen LogP contribution in [0.5, 0.6) is 5.88 Å². The van der Waals surface area contributed by atoms with Gasteiger partial charge in [-0.2, -0.15) is 5.26 Å². The van der Waals surface area contributed by atoms with E-state index in [0.717, 1.165) is 4.57 Å². The number of rotatable bonds is 3. The lowest BCUT2D eigenvalue weighted by molar-refractivity contribution is 0.386. The molecule has 0 aliphatic carbocycles. The molecule has 1 heterocycles. The van der Waals surface area contributed by atoms with Crippen molar-refractivity contribution in [1.82, 2.24) is 4.57 Å². The number of aliphatic imine (C=N–C) groups is 1. The van der Waals surface area contributed by atoms with Gasteiger partial charge in [0.2, 0.25) is 5.88 Å². The van der Waals surface area contributed by atoms with Crippen molar-refractivity contribution in [3.05, 3.63) is 55.3 Å². The van der Waals surface area contributed by atoms with Gasteiger partial charge in [0.25, 0.3) is 5.56 Å². The third kappa shape index (κ3) is 3.30. The first-order valence-electron chi connectivity index (χ1n) is 7.15. The lowest BCUT2D eigenvalue weighted by Crippen LogP contribution is -2.26. The van der Waals surface area contributed by atoms with Crippen LogP contribution >= 0.6 is 23.2 Å². The van der Waals surface area contributed by atoms with Crippen LogP contribution in [0.1, 0.15) is 36.6 Å². The zero-order valence-corrected chi connectivity index (χ0v) is 14.9. The predicted octanol–water partition coefficient (Wildman–Crippen LogP) is 4.37. The molecule has 0 amide bonds. The molecule has 1 N–H and O–H groups in total. The fourth-order valence-electron chi connectivity index (χ4n) is 2.29. The molecule has 24 heavy (non-hydrogen) atoms. The number of nitrogens with zero attached hydrogens (tertiary/aromatic N) is 3. The van der Waals surface area contributed by atoms with Crippen molar-refractivity contribution < 1.29 is 5.11 Å². The molecule has 0 bridgehead atoms. The van der Waals surface area contributed by atoms with Gasteiger partial charge >= 0.3 is 0 Å². The number of hydrogen-bond donors (Lipinski definition) is 1. The molecule has 0 saturated heterocycles. The van der Waals surface area contributed by atoms with E-state index in [4.69, 9.17) is 23.2 Å². The first-order chi connectivity index (χ1) is 11.3. The van der Waals surface area contributed by atoms with Crippen molar-refractivity contribution >= 4 is 35.1 Å². The summed E-state index contributed by atoms with van der Waals surface area (Å²) in [6.07, 6.45) is 1.39. The molecule has 5 nitrogen and oxygen atoms in total. The summed E-state index contributed by atoms with van der Waals surface area (Å²) >= 11 is 11.9. The van der Waals surface area contributed by atoms with Gasteiger partial charge in [-0.25, -0.2) is 0 Å². The molecule has 0 fully saturated rings. The van der Waals surface area contributed by atoms with Crippen molar-refractivity contribution in [2.75, 3.05) is 0 Å². The van der Waals surface area contributed by atoms with Crippen LogP contribution in [0.15, 0.2) is 28.0 Å². The molecular weight excluding hydrogens is 349 g/mol. The largest absolute Gasteiger partial charge is 0.494 e. The van der Waals surface area contributed by atoms with E-state index in [1.54, 1.807) is 39.0 Å². The van der Waals surface area contributed by atoms with Crippen molar-refractivity contribution in [1.29, 1.82) is 5.26 Å². The first kappa shape index (κ1) is 18.1.